The van der Waals surface area contributed by atoms with Gasteiger partial charge in [0.25, 0.3) is 0 Å². The summed E-state index contributed by atoms with van der Waals surface area (Å²) in [7, 11) is 0. The van der Waals surface area contributed by atoms with Crippen LogP contribution in [0.2, 0.25) is 0 Å². The second-order valence-electron chi connectivity index (χ2n) is 8.02. The van der Waals surface area contributed by atoms with Crippen LogP contribution < -0.4 is 5.32 Å². The molecule has 0 spiro atoms. The van der Waals surface area contributed by atoms with Crippen molar-refractivity contribution in [2.75, 3.05) is 12.0 Å². The number of imide groups is 1. The number of nitrogens with zero attached hydrogens (tertiary/aromatic N) is 1. The highest BCUT2D eigenvalue weighted by molar-refractivity contribution is 9.10. The summed E-state index contributed by atoms with van der Waals surface area (Å²) in [5.41, 5.74) is 3.22. The van der Waals surface area contributed by atoms with Crippen LogP contribution in [-0.2, 0) is 9.59 Å². The number of hydrogen-bond acceptors (Lipinski definition) is 3. The zero-order chi connectivity index (χ0) is 17.5. The van der Waals surface area contributed by atoms with Gasteiger partial charge in [0.1, 0.15) is 0 Å². The maximum absolute atomic E-state index is 12.9. The number of nitrogens with one attached hydrogen (secondary N) is 1. The first-order chi connectivity index (χ1) is 12.0. The molecule has 4 nitrogen and oxygen atoms in total. The Kier molecular flexibility index (Phi) is 3.25. The molecule has 4 aliphatic carbocycles. The van der Waals surface area contributed by atoms with E-state index in [0.29, 0.717) is 23.7 Å². The third kappa shape index (κ3) is 2.11. The first-order valence-electron chi connectivity index (χ1n) is 9.01. The van der Waals surface area contributed by atoms with Crippen molar-refractivity contribution in [3.05, 3.63) is 39.9 Å². The zero-order valence-corrected chi connectivity index (χ0v) is 15.9. The molecule has 3 fully saturated rings. The number of amides is 2. The summed E-state index contributed by atoms with van der Waals surface area (Å²) in [6.07, 6.45) is 5.62. The zero-order valence-electron chi connectivity index (χ0n) is 14.3. The van der Waals surface area contributed by atoms with Gasteiger partial charge in [0.2, 0.25) is 11.8 Å². The maximum Gasteiger partial charge on any atom is 0.235 e. The van der Waals surface area contributed by atoms with E-state index in [0.717, 1.165) is 21.3 Å². The fourth-order valence-corrected chi connectivity index (χ4v) is 5.62. The number of allylic oxidation sites excluding steroid dienone is 2. The highest BCUT2D eigenvalue weighted by atomic mass is 79.9. The topological polar surface area (TPSA) is 49.4 Å². The molecule has 0 unspecified atom stereocenters. The van der Waals surface area contributed by atoms with Crippen LogP contribution in [0.5, 0.6) is 0 Å². The molecule has 1 N–H and O–H groups in total. The molecule has 6 atom stereocenters. The lowest BCUT2D eigenvalue weighted by atomic mass is 9.63. The smallest absolute Gasteiger partial charge is 0.235 e. The van der Waals surface area contributed by atoms with Crippen LogP contribution in [-0.4, -0.2) is 23.4 Å². The lowest BCUT2D eigenvalue weighted by Gasteiger charge is -2.37. The van der Waals surface area contributed by atoms with Gasteiger partial charge in [0.05, 0.1) is 18.5 Å². The number of anilines is 1. The van der Waals surface area contributed by atoms with E-state index in [9.17, 15) is 9.59 Å². The van der Waals surface area contributed by atoms with E-state index in [1.54, 1.807) is 0 Å². The van der Waals surface area contributed by atoms with Gasteiger partial charge >= 0.3 is 0 Å². The van der Waals surface area contributed by atoms with Crippen molar-refractivity contribution < 1.29 is 9.59 Å². The summed E-state index contributed by atoms with van der Waals surface area (Å²) in [5.74, 6) is 1.71. The lowest BCUT2D eigenvalue weighted by Crippen LogP contribution is -2.40. The van der Waals surface area contributed by atoms with Gasteiger partial charge in [-0.3, -0.25) is 14.5 Å². The van der Waals surface area contributed by atoms with Crippen molar-refractivity contribution in [2.24, 2.45) is 35.5 Å². The Hall–Kier alpha value is -1.62. The number of carbonyl (C=O) groups excluding carboxylic acids is 2. The minimum Gasteiger partial charge on any atom is -0.367 e. The SMILES string of the molecule is Cc1cc(NCN2C(=O)[C@@H]3[C@H]4C=C[C@@H]([C@@H]5C[C@@H]45)[C@@H]3C2=O)cc(C)c1Br. The first-order valence-corrected chi connectivity index (χ1v) is 9.81. The van der Waals surface area contributed by atoms with E-state index in [1.165, 1.54) is 11.3 Å². The standard InChI is InChI=1S/C20H21BrN2O2/c1-9-5-11(6-10(2)18(9)21)22-8-23-19(24)16-12-3-4-13(15-7-14(12)15)17(16)20(23)25/h3-6,12-17,22H,7-8H2,1-2H3/t12-,13-,14-,15-,16-,17+/m0/s1. The van der Waals surface area contributed by atoms with Gasteiger partial charge in [-0.1, -0.05) is 28.1 Å². The van der Waals surface area contributed by atoms with Crippen molar-refractivity contribution in [1.82, 2.24) is 4.90 Å². The van der Waals surface area contributed by atoms with E-state index in [-0.39, 0.29) is 30.3 Å². The fraction of sp³-hybridized carbons (Fsp3) is 0.500. The van der Waals surface area contributed by atoms with Crippen LogP contribution in [0.4, 0.5) is 5.69 Å². The molecule has 2 saturated carbocycles. The Morgan fingerprint density at radius 2 is 1.56 bits per heavy atom. The number of likely N-dealkylation sites (tertiary alicyclic amines) is 1. The van der Waals surface area contributed by atoms with Crippen LogP contribution >= 0.6 is 15.9 Å². The van der Waals surface area contributed by atoms with Crippen molar-refractivity contribution in [1.29, 1.82) is 0 Å². The number of halogens is 1. The Bertz CT molecular complexity index is 774. The molecule has 5 aliphatic rings. The van der Waals surface area contributed by atoms with E-state index >= 15 is 0 Å². The number of rotatable bonds is 3. The van der Waals surface area contributed by atoms with Gasteiger partial charge in [-0.2, -0.15) is 0 Å². The minimum absolute atomic E-state index is 0.0257. The Labute approximate surface area is 155 Å². The molecule has 0 radical (unpaired) electrons. The van der Waals surface area contributed by atoms with Gasteiger partial charge in [-0.15, -0.1) is 0 Å². The van der Waals surface area contributed by atoms with Gasteiger partial charge < -0.3 is 5.32 Å². The predicted octanol–water partition coefficient (Wildman–Crippen LogP) is 3.49. The van der Waals surface area contributed by atoms with Crippen molar-refractivity contribution in [2.45, 2.75) is 20.3 Å². The van der Waals surface area contributed by atoms with Crippen LogP contribution in [0.3, 0.4) is 0 Å². The van der Waals surface area contributed by atoms with Crippen molar-refractivity contribution in [3.63, 3.8) is 0 Å². The van der Waals surface area contributed by atoms with E-state index in [1.807, 2.05) is 26.0 Å². The molecule has 0 aromatic heterocycles. The molecule has 6 rings (SSSR count). The minimum atomic E-state index is -0.110. The van der Waals surface area contributed by atoms with E-state index in [4.69, 9.17) is 0 Å². The summed E-state index contributed by atoms with van der Waals surface area (Å²) >= 11 is 3.57. The number of aryl methyl sites for hydroxylation is 2. The molecule has 25 heavy (non-hydrogen) atoms. The third-order valence-electron chi connectivity index (χ3n) is 6.63. The summed E-state index contributed by atoms with van der Waals surface area (Å²) in [4.78, 5) is 27.3. The van der Waals surface area contributed by atoms with Gasteiger partial charge in [0, 0.05) is 10.2 Å². The van der Waals surface area contributed by atoms with Crippen molar-refractivity contribution >= 4 is 33.4 Å². The maximum atomic E-state index is 12.9. The Balaban J connectivity index is 1.36. The molecule has 1 saturated heterocycles. The van der Waals surface area contributed by atoms with Crippen molar-refractivity contribution in [3.8, 4) is 0 Å². The highest BCUT2D eigenvalue weighted by Crippen LogP contribution is 2.65. The average Bonchev–Trinajstić information content (AvgIpc) is 3.37. The molecule has 130 valence electrons. The van der Waals surface area contributed by atoms with Gasteiger partial charge in [-0.05, 0) is 67.2 Å². The largest absolute Gasteiger partial charge is 0.367 e. The molecule has 1 aromatic carbocycles. The second-order valence-corrected chi connectivity index (χ2v) is 8.81. The van der Waals surface area contributed by atoms with Gasteiger partial charge in [-0.25, -0.2) is 0 Å². The molecule has 1 aliphatic heterocycles. The van der Waals surface area contributed by atoms with Crippen LogP contribution in [0.1, 0.15) is 17.5 Å². The number of hydrogen-bond donors (Lipinski definition) is 1. The normalized spacial score (nSPS) is 37.3. The molecular weight excluding hydrogens is 380 g/mol. The van der Waals surface area contributed by atoms with Crippen LogP contribution in [0.15, 0.2) is 28.8 Å². The Morgan fingerprint density at radius 1 is 1.04 bits per heavy atom. The quantitative estimate of drug-likeness (QED) is 0.623. The molecular formula is C20H21BrN2O2. The highest BCUT2D eigenvalue weighted by Gasteiger charge is 2.66. The van der Waals surface area contributed by atoms with Gasteiger partial charge in [0.15, 0.2) is 0 Å². The monoisotopic (exact) mass is 400 g/mol. The van der Waals surface area contributed by atoms with Crippen LogP contribution in [0.25, 0.3) is 0 Å². The third-order valence-corrected chi connectivity index (χ3v) is 7.88. The summed E-state index contributed by atoms with van der Waals surface area (Å²) in [6.45, 7) is 4.34. The summed E-state index contributed by atoms with van der Waals surface area (Å²) in [5, 5.41) is 3.28. The predicted molar refractivity (Wildman–Crippen MR) is 98.7 cm³/mol. The lowest BCUT2D eigenvalue weighted by molar-refractivity contribution is -0.139. The number of carbonyl (C=O) groups is 2. The summed E-state index contributed by atoms with van der Waals surface area (Å²) < 4.78 is 1.10. The molecule has 2 amide bonds. The molecule has 5 heteroatoms. The number of benzene rings is 1. The molecule has 1 aromatic rings. The summed E-state index contributed by atoms with van der Waals surface area (Å²) in [6, 6.07) is 4.07. The second kappa shape index (κ2) is 5.19. The average molecular weight is 401 g/mol. The fourth-order valence-electron chi connectivity index (χ4n) is 5.39. The molecule has 2 bridgehead atoms. The van der Waals surface area contributed by atoms with E-state index < -0.39 is 0 Å². The first kappa shape index (κ1) is 15.6. The molecule has 1 heterocycles. The Morgan fingerprint density at radius 3 is 2.08 bits per heavy atom. The van der Waals surface area contributed by atoms with E-state index in [2.05, 4.69) is 33.4 Å². The van der Waals surface area contributed by atoms with Crippen LogP contribution in [0, 0.1) is 49.4 Å².